The maximum absolute atomic E-state index is 10.8. The first-order valence-corrected chi connectivity index (χ1v) is 6.75. The molecule has 0 aliphatic heterocycles. The molecular weight excluding hydrogens is 268 g/mol. The lowest BCUT2D eigenvalue weighted by Crippen LogP contribution is -3.06. The maximum Gasteiger partial charge on any atom is 0.137 e. The van der Waals surface area contributed by atoms with Gasteiger partial charge in [0, 0.05) is 23.5 Å². The van der Waals surface area contributed by atoms with E-state index in [1.165, 1.54) is 11.1 Å². The van der Waals surface area contributed by atoms with Crippen LogP contribution in [0.1, 0.15) is 10.4 Å². The van der Waals surface area contributed by atoms with Gasteiger partial charge in [0.25, 0.3) is 0 Å². The van der Waals surface area contributed by atoms with E-state index in [4.69, 9.17) is 4.74 Å². The lowest BCUT2D eigenvalue weighted by Gasteiger charge is -2.10. The molecule has 0 bridgehead atoms. The van der Waals surface area contributed by atoms with Crippen LogP contribution in [-0.2, 0) is 0 Å². The molecule has 21 heavy (non-hydrogen) atoms. The van der Waals surface area contributed by atoms with E-state index < -0.39 is 5.97 Å². The van der Waals surface area contributed by atoms with Crippen molar-refractivity contribution in [2.24, 2.45) is 0 Å². The van der Waals surface area contributed by atoms with Gasteiger partial charge in [-0.25, -0.2) is 0 Å². The third kappa shape index (κ3) is 4.29. The summed E-state index contributed by atoms with van der Waals surface area (Å²) in [6.07, 6.45) is 2.90. The second-order valence-electron chi connectivity index (χ2n) is 5.08. The van der Waals surface area contributed by atoms with Gasteiger partial charge in [-0.05, 0) is 23.8 Å². The molecule has 0 radical (unpaired) electrons. The number of quaternary nitrogens is 1. The molecule has 0 amide bonds. The maximum atomic E-state index is 10.8. The average molecular weight is 286 g/mol. The van der Waals surface area contributed by atoms with Crippen LogP contribution in [0.5, 0.6) is 5.75 Å². The summed E-state index contributed by atoms with van der Waals surface area (Å²) in [6.45, 7) is 1.59. The Morgan fingerprint density at radius 3 is 2.52 bits per heavy atom. The largest absolute Gasteiger partial charge is 0.545 e. The number of aromatic carboxylic acids is 1. The number of ether oxygens (including phenoxy) is 1. The Morgan fingerprint density at radius 1 is 1.19 bits per heavy atom. The fourth-order valence-electron chi connectivity index (χ4n) is 1.83. The fourth-order valence-corrected chi connectivity index (χ4v) is 1.83. The number of hydrogen-bond acceptors (Lipinski definition) is 4. The van der Waals surface area contributed by atoms with Crippen LogP contribution in [0.15, 0.2) is 42.7 Å². The zero-order chi connectivity index (χ0) is 15.2. The van der Waals surface area contributed by atoms with Gasteiger partial charge in [-0.3, -0.25) is 4.98 Å². The summed E-state index contributed by atoms with van der Waals surface area (Å²) in [6, 6.07) is 9.05. The summed E-state index contributed by atoms with van der Waals surface area (Å²) < 4.78 is 5.63. The van der Waals surface area contributed by atoms with Gasteiger partial charge >= 0.3 is 0 Å². The summed E-state index contributed by atoms with van der Waals surface area (Å²) in [5, 5.41) is 10.8. The van der Waals surface area contributed by atoms with Crippen molar-refractivity contribution in [3.8, 4) is 16.9 Å². The van der Waals surface area contributed by atoms with Crippen molar-refractivity contribution in [1.29, 1.82) is 0 Å². The van der Waals surface area contributed by atoms with Gasteiger partial charge < -0.3 is 19.5 Å². The van der Waals surface area contributed by atoms with Gasteiger partial charge in [-0.1, -0.05) is 12.1 Å². The van der Waals surface area contributed by atoms with Gasteiger partial charge in [0.05, 0.1) is 20.1 Å². The molecule has 0 aliphatic rings. The lowest BCUT2D eigenvalue weighted by atomic mass is 10.1. The molecule has 2 rings (SSSR count). The molecule has 0 saturated heterocycles. The zero-order valence-electron chi connectivity index (χ0n) is 12.1. The normalized spacial score (nSPS) is 10.6. The Kier molecular flexibility index (Phi) is 4.90. The number of carboxylic acid groups (broad SMARTS) is 1. The standard InChI is InChI=1S/C16H18N2O3/c1-18(2)7-8-21-15-5-3-12(4-6-15)13-9-14(16(19)20)11-17-10-13/h3-6,9-11H,7-8H2,1-2H3,(H,19,20). The first-order valence-electron chi connectivity index (χ1n) is 6.75. The highest BCUT2D eigenvalue weighted by atomic mass is 16.5. The minimum absolute atomic E-state index is 0.0711. The Hall–Kier alpha value is -2.40. The first-order chi connectivity index (χ1) is 10.1. The van der Waals surface area contributed by atoms with Gasteiger partial charge in [0.2, 0.25) is 0 Å². The molecule has 0 unspecified atom stereocenters. The van der Waals surface area contributed by atoms with Crippen molar-refractivity contribution < 1.29 is 19.5 Å². The van der Waals surface area contributed by atoms with Crippen molar-refractivity contribution in [1.82, 2.24) is 4.98 Å². The van der Waals surface area contributed by atoms with E-state index in [1.807, 2.05) is 24.3 Å². The molecule has 5 heteroatoms. The highest BCUT2D eigenvalue weighted by Crippen LogP contribution is 2.22. The lowest BCUT2D eigenvalue weighted by molar-refractivity contribution is -0.858. The third-order valence-electron chi connectivity index (χ3n) is 3.03. The minimum atomic E-state index is -1.23. The van der Waals surface area contributed by atoms with Crippen molar-refractivity contribution in [3.63, 3.8) is 0 Å². The molecule has 0 fully saturated rings. The van der Waals surface area contributed by atoms with Crippen molar-refractivity contribution in [3.05, 3.63) is 48.3 Å². The number of nitrogens with one attached hydrogen (secondary N) is 1. The molecule has 0 aliphatic carbocycles. The molecule has 0 spiro atoms. The molecule has 1 heterocycles. The second kappa shape index (κ2) is 6.85. The van der Waals surface area contributed by atoms with Crippen LogP contribution in [0.25, 0.3) is 11.1 Å². The van der Waals surface area contributed by atoms with Gasteiger partial charge in [-0.15, -0.1) is 0 Å². The quantitative estimate of drug-likeness (QED) is 0.787. The van der Waals surface area contributed by atoms with E-state index in [2.05, 4.69) is 19.1 Å². The van der Waals surface area contributed by atoms with Crippen molar-refractivity contribution in [2.75, 3.05) is 27.2 Å². The number of aromatic nitrogens is 1. The van der Waals surface area contributed by atoms with E-state index in [-0.39, 0.29) is 5.56 Å². The molecule has 5 nitrogen and oxygen atoms in total. The third-order valence-corrected chi connectivity index (χ3v) is 3.03. The average Bonchev–Trinajstić information content (AvgIpc) is 2.48. The Bertz CT molecular complexity index is 609. The number of carbonyl (C=O) groups is 1. The van der Waals surface area contributed by atoms with E-state index in [0.29, 0.717) is 6.61 Å². The monoisotopic (exact) mass is 286 g/mol. The summed E-state index contributed by atoms with van der Waals surface area (Å²) in [7, 11) is 4.15. The highest BCUT2D eigenvalue weighted by Gasteiger charge is 2.02. The summed E-state index contributed by atoms with van der Waals surface area (Å²) in [5.41, 5.74) is 1.69. The highest BCUT2D eigenvalue weighted by molar-refractivity contribution is 5.87. The Balaban J connectivity index is 2.08. The van der Waals surface area contributed by atoms with Crippen LogP contribution in [0.3, 0.4) is 0 Å². The number of nitrogens with zero attached hydrogens (tertiary/aromatic N) is 1. The second-order valence-corrected chi connectivity index (χ2v) is 5.08. The first kappa shape index (κ1) is 15.0. The van der Waals surface area contributed by atoms with E-state index in [9.17, 15) is 9.90 Å². The number of carboxylic acids is 1. The molecule has 0 saturated carbocycles. The van der Waals surface area contributed by atoms with Crippen LogP contribution in [0, 0.1) is 0 Å². The van der Waals surface area contributed by atoms with Crippen LogP contribution in [0.2, 0.25) is 0 Å². The molecule has 1 N–H and O–H groups in total. The van der Waals surface area contributed by atoms with Crippen LogP contribution >= 0.6 is 0 Å². The number of rotatable bonds is 6. The van der Waals surface area contributed by atoms with Crippen LogP contribution in [0.4, 0.5) is 0 Å². The zero-order valence-corrected chi connectivity index (χ0v) is 12.1. The number of likely N-dealkylation sites (N-methyl/N-ethyl adjacent to an activating group) is 1. The number of hydrogen-bond donors (Lipinski definition) is 1. The van der Waals surface area contributed by atoms with Crippen LogP contribution < -0.4 is 14.7 Å². The van der Waals surface area contributed by atoms with Gasteiger partial charge in [-0.2, -0.15) is 0 Å². The number of carbonyl (C=O) groups excluding carboxylic acids is 1. The van der Waals surface area contributed by atoms with E-state index in [0.717, 1.165) is 23.4 Å². The van der Waals surface area contributed by atoms with Gasteiger partial charge in [0.1, 0.15) is 18.9 Å². The van der Waals surface area contributed by atoms with E-state index in [1.54, 1.807) is 12.3 Å². The molecule has 0 atom stereocenters. The summed E-state index contributed by atoms with van der Waals surface area (Å²) in [4.78, 5) is 16.1. The minimum Gasteiger partial charge on any atom is -0.545 e. The molecule has 2 aromatic rings. The predicted molar refractivity (Wildman–Crippen MR) is 77.2 cm³/mol. The van der Waals surface area contributed by atoms with E-state index >= 15 is 0 Å². The summed E-state index contributed by atoms with van der Waals surface area (Å²) in [5.74, 6) is -0.431. The fraction of sp³-hybridized carbons (Fsp3) is 0.250. The van der Waals surface area contributed by atoms with Crippen LogP contribution in [-0.4, -0.2) is 38.2 Å². The van der Waals surface area contributed by atoms with Crippen molar-refractivity contribution in [2.45, 2.75) is 0 Å². The molecule has 110 valence electrons. The Morgan fingerprint density at radius 2 is 1.90 bits per heavy atom. The molecular formula is C16H18N2O3. The number of benzene rings is 1. The van der Waals surface area contributed by atoms with Crippen molar-refractivity contribution >= 4 is 5.97 Å². The SMILES string of the molecule is C[NH+](C)CCOc1ccc(-c2cncc(C(=O)[O-])c2)cc1. The molecule has 1 aromatic heterocycles. The smallest absolute Gasteiger partial charge is 0.137 e. The molecule has 1 aromatic carbocycles. The summed E-state index contributed by atoms with van der Waals surface area (Å²) >= 11 is 0. The topological polar surface area (TPSA) is 66.7 Å². The predicted octanol–water partition coefficient (Wildman–Crippen LogP) is -0.365. The number of pyridine rings is 1. The van der Waals surface area contributed by atoms with Gasteiger partial charge in [0.15, 0.2) is 0 Å². The Labute approximate surface area is 123 Å².